The summed E-state index contributed by atoms with van der Waals surface area (Å²) in [6.07, 6.45) is 13.8. The second-order valence-corrected chi connectivity index (χ2v) is 8.75. The zero-order chi connectivity index (χ0) is 27.1. The molecule has 1 spiro atoms. The van der Waals surface area contributed by atoms with Crippen LogP contribution < -0.4 is 0 Å². The van der Waals surface area contributed by atoms with Crippen molar-refractivity contribution in [3.05, 3.63) is 71.3 Å². The van der Waals surface area contributed by atoms with Crippen molar-refractivity contribution >= 4 is 0 Å². The van der Waals surface area contributed by atoms with Gasteiger partial charge in [0.1, 0.15) is 11.6 Å². The fourth-order valence-corrected chi connectivity index (χ4v) is 4.85. The molecule has 2 heteroatoms. The highest BCUT2D eigenvalue weighted by atomic mass is 19.1. The number of rotatable bonds is 2. The summed E-state index contributed by atoms with van der Waals surface area (Å²) in [4.78, 5) is 0. The van der Waals surface area contributed by atoms with Crippen molar-refractivity contribution in [2.45, 2.75) is 132 Å². The molecule has 0 N–H and O–H groups in total. The van der Waals surface area contributed by atoms with E-state index in [1.807, 2.05) is 48.5 Å². The van der Waals surface area contributed by atoms with Gasteiger partial charge in [0.2, 0.25) is 0 Å². The van der Waals surface area contributed by atoms with Gasteiger partial charge in [0, 0.05) is 6.07 Å². The topological polar surface area (TPSA) is 0 Å². The summed E-state index contributed by atoms with van der Waals surface area (Å²) in [6.45, 7) is 18.1. The molecule has 0 radical (unpaired) electrons. The average molecular weight is 491 g/mol. The molecule has 0 aromatic heterocycles. The molecule has 0 nitrogen and oxygen atoms in total. The maximum Gasteiger partial charge on any atom is 0.126 e. The fourth-order valence-electron chi connectivity index (χ4n) is 4.85. The van der Waals surface area contributed by atoms with Crippen LogP contribution in [0.5, 0.6) is 0 Å². The molecule has 202 valence electrons. The third-order valence-electron chi connectivity index (χ3n) is 6.20. The molecule has 2 fully saturated rings. The lowest BCUT2D eigenvalue weighted by Gasteiger charge is -2.38. The molecule has 2 saturated carbocycles. The Kier molecular flexibility index (Phi) is 23.0. The smallest absolute Gasteiger partial charge is 0.126 e. The summed E-state index contributed by atoms with van der Waals surface area (Å²) in [5, 5.41) is 0. The highest BCUT2D eigenvalue weighted by Gasteiger charge is 2.38. The molecule has 4 rings (SSSR count). The lowest BCUT2D eigenvalue weighted by atomic mass is 9.67. The summed E-state index contributed by atoms with van der Waals surface area (Å²) < 4.78 is 24.8. The molecule has 0 bridgehead atoms. The van der Waals surface area contributed by atoms with Gasteiger partial charge in [-0.05, 0) is 73.1 Å². The maximum absolute atomic E-state index is 12.4. The molecule has 1 atom stereocenters. The Bertz CT molecular complexity index is 682. The average Bonchev–Trinajstić information content (AvgIpc) is 3.35. The highest BCUT2D eigenvalue weighted by molar-refractivity contribution is 5.21. The van der Waals surface area contributed by atoms with E-state index in [-0.39, 0.29) is 0 Å². The Labute approximate surface area is 218 Å². The number of hydrogen-bond acceptors (Lipinski definition) is 0. The van der Waals surface area contributed by atoms with Crippen LogP contribution in [-0.4, -0.2) is 0 Å². The molecular weight excluding hydrogens is 434 g/mol. The van der Waals surface area contributed by atoms with E-state index in [4.69, 9.17) is 0 Å². The Hall–Kier alpha value is -1.70. The first kappa shape index (κ1) is 35.5. The van der Waals surface area contributed by atoms with Crippen LogP contribution in [0.25, 0.3) is 0 Å². The molecule has 1 unspecified atom stereocenters. The monoisotopic (exact) mass is 490 g/mol. The van der Waals surface area contributed by atoms with E-state index in [1.54, 1.807) is 5.56 Å². The largest absolute Gasteiger partial charge is 0.207 e. The standard InChI is InChI=1S/C16H22.C8H8F2.C3H8.3C2H6/c1-2-7-14(8-3-1)15-9-6-12-16(13-15)10-4-5-11-16;1-2-6-3-7(9)5-8(10)4-6;1-3-2;3*1-2/h1-3,7-8,15H,4-6,9-13H2;3-5H,2H2,1H3;3H2,1-2H3;3*1-2H3. The molecule has 2 aromatic rings. The van der Waals surface area contributed by atoms with E-state index in [0.29, 0.717) is 12.0 Å². The minimum Gasteiger partial charge on any atom is -0.207 e. The third kappa shape index (κ3) is 14.5. The Balaban J connectivity index is 0. The maximum atomic E-state index is 12.4. The van der Waals surface area contributed by atoms with Gasteiger partial charge in [-0.1, -0.05) is 118 Å². The second kappa shape index (κ2) is 22.7. The normalized spacial score (nSPS) is 16.8. The molecular formula is C33H56F2. The molecule has 0 saturated heterocycles. The van der Waals surface area contributed by atoms with Crippen LogP contribution in [0.1, 0.15) is 137 Å². The van der Waals surface area contributed by atoms with Crippen molar-refractivity contribution in [1.82, 2.24) is 0 Å². The Morgan fingerprint density at radius 1 is 0.714 bits per heavy atom. The van der Waals surface area contributed by atoms with E-state index in [2.05, 4.69) is 44.2 Å². The first-order valence-electron chi connectivity index (χ1n) is 14.5. The van der Waals surface area contributed by atoms with Crippen LogP contribution in [0, 0.1) is 17.0 Å². The van der Waals surface area contributed by atoms with E-state index in [1.165, 1.54) is 69.9 Å². The third-order valence-corrected chi connectivity index (χ3v) is 6.20. The zero-order valence-corrected chi connectivity index (χ0v) is 24.5. The SMILES string of the molecule is CC.CC.CC.CCC.CCc1cc(F)cc(F)c1.c1ccc(C2CCCC3(CCCC3)C2)cc1. The summed E-state index contributed by atoms with van der Waals surface area (Å²) in [7, 11) is 0. The lowest BCUT2D eigenvalue weighted by Crippen LogP contribution is -2.24. The lowest BCUT2D eigenvalue weighted by molar-refractivity contribution is 0.176. The van der Waals surface area contributed by atoms with Crippen LogP contribution in [0.4, 0.5) is 8.78 Å². The van der Waals surface area contributed by atoms with Crippen molar-refractivity contribution in [2.24, 2.45) is 5.41 Å². The predicted molar refractivity (Wildman–Crippen MR) is 154 cm³/mol. The quantitative estimate of drug-likeness (QED) is 0.392. The summed E-state index contributed by atoms with van der Waals surface area (Å²) in [5.74, 6) is -0.151. The molecule has 0 heterocycles. The van der Waals surface area contributed by atoms with Gasteiger partial charge in [0.25, 0.3) is 0 Å². The Morgan fingerprint density at radius 3 is 1.63 bits per heavy atom. The minimum absolute atomic E-state index is 0.503. The van der Waals surface area contributed by atoms with E-state index >= 15 is 0 Å². The first-order valence-corrected chi connectivity index (χ1v) is 14.5. The number of halogens is 2. The van der Waals surface area contributed by atoms with Crippen LogP contribution in [0.2, 0.25) is 0 Å². The highest BCUT2D eigenvalue weighted by Crippen LogP contribution is 2.52. The van der Waals surface area contributed by atoms with Crippen LogP contribution in [0.15, 0.2) is 48.5 Å². The van der Waals surface area contributed by atoms with Crippen LogP contribution >= 0.6 is 0 Å². The van der Waals surface area contributed by atoms with Gasteiger partial charge in [-0.2, -0.15) is 0 Å². The van der Waals surface area contributed by atoms with Crippen LogP contribution in [-0.2, 0) is 6.42 Å². The molecule has 2 aliphatic carbocycles. The van der Waals surface area contributed by atoms with Crippen molar-refractivity contribution in [3.63, 3.8) is 0 Å². The molecule has 35 heavy (non-hydrogen) atoms. The van der Waals surface area contributed by atoms with Gasteiger partial charge in [-0.15, -0.1) is 0 Å². The summed E-state index contributed by atoms with van der Waals surface area (Å²) >= 11 is 0. The van der Waals surface area contributed by atoms with Gasteiger partial charge >= 0.3 is 0 Å². The predicted octanol–water partition coefficient (Wildman–Crippen LogP) is 11.9. The first-order chi connectivity index (χ1) is 17.0. The van der Waals surface area contributed by atoms with Gasteiger partial charge < -0.3 is 0 Å². The van der Waals surface area contributed by atoms with E-state index in [0.717, 1.165) is 17.4 Å². The second-order valence-electron chi connectivity index (χ2n) is 8.75. The number of aryl methyl sites for hydroxylation is 1. The van der Waals surface area contributed by atoms with E-state index < -0.39 is 11.6 Å². The molecule has 2 aromatic carbocycles. The zero-order valence-electron chi connectivity index (χ0n) is 24.5. The fraction of sp³-hybridized carbons (Fsp3) is 0.636. The summed E-state index contributed by atoms with van der Waals surface area (Å²) in [6, 6.07) is 14.7. The molecule has 0 aliphatic heterocycles. The van der Waals surface area contributed by atoms with Crippen LogP contribution in [0.3, 0.4) is 0 Å². The van der Waals surface area contributed by atoms with Gasteiger partial charge in [0.15, 0.2) is 0 Å². The van der Waals surface area contributed by atoms with E-state index in [9.17, 15) is 8.78 Å². The van der Waals surface area contributed by atoms with Crippen molar-refractivity contribution in [1.29, 1.82) is 0 Å². The number of hydrogen-bond donors (Lipinski definition) is 0. The van der Waals surface area contributed by atoms with Gasteiger partial charge in [-0.3, -0.25) is 0 Å². The molecule has 2 aliphatic rings. The Morgan fingerprint density at radius 2 is 1.17 bits per heavy atom. The summed E-state index contributed by atoms with van der Waals surface area (Å²) in [5.41, 5.74) is 3.03. The van der Waals surface area contributed by atoms with Crippen molar-refractivity contribution in [2.75, 3.05) is 0 Å². The van der Waals surface area contributed by atoms with Gasteiger partial charge in [0.05, 0.1) is 0 Å². The van der Waals surface area contributed by atoms with Crippen molar-refractivity contribution in [3.8, 4) is 0 Å². The van der Waals surface area contributed by atoms with Gasteiger partial charge in [-0.25, -0.2) is 8.78 Å². The number of benzene rings is 2. The molecule has 0 amide bonds. The van der Waals surface area contributed by atoms with Crippen molar-refractivity contribution < 1.29 is 8.78 Å². The minimum atomic E-state index is -0.503.